The lowest BCUT2D eigenvalue weighted by Gasteiger charge is -2.20. The smallest absolute Gasteiger partial charge is 0.178 e. The zero-order chi connectivity index (χ0) is 13.2. The molecule has 0 bridgehead atoms. The van der Waals surface area contributed by atoms with E-state index in [1.807, 2.05) is 6.07 Å². The molecule has 1 N–H and O–H groups in total. The summed E-state index contributed by atoms with van der Waals surface area (Å²) in [6.07, 6.45) is 2.72. The topological polar surface area (TPSA) is 24.0 Å². The largest absolute Gasteiger partial charge is 0.331 e. The zero-order valence-electron chi connectivity index (χ0n) is 11.4. The van der Waals surface area contributed by atoms with Gasteiger partial charge in [-0.2, -0.15) is 0 Å². The Balaban J connectivity index is 1.77. The second-order valence-corrected chi connectivity index (χ2v) is 6.06. The van der Waals surface area contributed by atoms with Crippen LogP contribution in [0.25, 0.3) is 11.0 Å². The van der Waals surface area contributed by atoms with E-state index in [9.17, 15) is 0 Å². The normalized spacial score (nSPS) is 18.2. The van der Waals surface area contributed by atoms with Crippen molar-refractivity contribution < 1.29 is 0 Å². The first kappa shape index (κ1) is 12.9. The van der Waals surface area contributed by atoms with Crippen LogP contribution in [0.5, 0.6) is 0 Å². The molecule has 2 heterocycles. The third-order valence-corrected chi connectivity index (χ3v) is 4.27. The van der Waals surface area contributed by atoms with Gasteiger partial charge >= 0.3 is 0 Å². The lowest BCUT2D eigenvalue weighted by atomic mass is 10.1. The molecule has 0 amide bonds. The van der Waals surface area contributed by atoms with Crippen LogP contribution in [0.1, 0.15) is 19.8 Å². The van der Waals surface area contributed by atoms with Crippen LogP contribution in [-0.2, 0) is 6.54 Å². The highest BCUT2D eigenvalue weighted by Crippen LogP contribution is 2.17. The maximum atomic E-state index is 5.45. The van der Waals surface area contributed by atoms with E-state index in [2.05, 4.69) is 39.6 Å². The van der Waals surface area contributed by atoms with Gasteiger partial charge in [0.05, 0.1) is 11.0 Å². The molecule has 1 aliphatic heterocycles. The van der Waals surface area contributed by atoms with E-state index in [4.69, 9.17) is 12.2 Å². The molecule has 102 valence electrons. The van der Waals surface area contributed by atoms with E-state index < -0.39 is 0 Å². The number of aromatic nitrogens is 2. The SMILES string of the molecule is CC(CN1CCCC1)Cn1c(=S)[nH]c2ccccc21. The molecule has 4 heteroatoms. The maximum Gasteiger partial charge on any atom is 0.178 e. The van der Waals surface area contributed by atoms with Crippen LogP contribution >= 0.6 is 12.2 Å². The summed E-state index contributed by atoms with van der Waals surface area (Å²) in [5.74, 6) is 0.629. The Hall–Kier alpha value is -1.13. The minimum absolute atomic E-state index is 0.629. The molecule has 1 saturated heterocycles. The number of benzene rings is 1. The fourth-order valence-corrected chi connectivity index (χ4v) is 3.35. The van der Waals surface area contributed by atoms with Crippen molar-refractivity contribution in [2.24, 2.45) is 5.92 Å². The van der Waals surface area contributed by atoms with E-state index in [-0.39, 0.29) is 0 Å². The van der Waals surface area contributed by atoms with Gasteiger partial charge in [0.1, 0.15) is 0 Å². The third kappa shape index (κ3) is 2.74. The highest BCUT2D eigenvalue weighted by Gasteiger charge is 2.15. The molecule has 0 radical (unpaired) electrons. The summed E-state index contributed by atoms with van der Waals surface area (Å²) in [5.41, 5.74) is 2.36. The van der Waals surface area contributed by atoms with E-state index in [1.54, 1.807) is 0 Å². The Morgan fingerprint density at radius 1 is 1.21 bits per heavy atom. The van der Waals surface area contributed by atoms with Gasteiger partial charge in [-0.25, -0.2) is 0 Å². The standard InChI is InChI=1S/C15H21N3S/c1-12(10-17-8-4-5-9-17)11-18-14-7-3-2-6-13(14)16-15(18)19/h2-3,6-7,12H,4-5,8-11H2,1H3,(H,16,19). The number of H-pyrrole nitrogens is 1. The number of hydrogen-bond donors (Lipinski definition) is 1. The van der Waals surface area contributed by atoms with Gasteiger partial charge in [-0.3, -0.25) is 0 Å². The highest BCUT2D eigenvalue weighted by atomic mass is 32.1. The van der Waals surface area contributed by atoms with Crippen molar-refractivity contribution in [3.05, 3.63) is 29.0 Å². The molecule has 3 rings (SSSR count). The van der Waals surface area contributed by atoms with Crippen LogP contribution in [0.3, 0.4) is 0 Å². The van der Waals surface area contributed by atoms with Crippen LogP contribution in [0.2, 0.25) is 0 Å². The van der Waals surface area contributed by atoms with Crippen LogP contribution in [0.4, 0.5) is 0 Å². The summed E-state index contributed by atoms with van der Waals surface area (Å²) in [4.78, 5) is 5.86. The predicted molar refractivity (Wildman–Crippen MR) is 82.0 cm³/mol. The number of nitrogens with zero attached hydrogens (tertiary/aromatic N) is 2. The molecule has 3 nitrogen and oxygen atoms in total. The monoisotopic (exact) mass is 275 g/mol. The van der Waals surface area contributed by atoms with Crippen LogP contribution in [-0.4, -0.2) is 34.1 Å². The van der Waals surface area contributed by atoms with E-state index in [1.165, 1.54) is 38.0 Å². The zero-order valence-corrected chi connectivity index (χ0v) is 12.2. The van der Waals surface area contributed by atoms with Gasteiger partial charge in [0.25, 0.3) is 0 Å². The molecule has 2 aromatic rings. The van der Waals surface area contributed by atoms with Gasteiger partial charge in [0.2, 0.25) is 0 Å². The van der Waals surface area contributed by atoms with Gasteiger partial charge in [-0.1, -0.05) is 19.1 Å². The van der Waals surface area contributed by atoms with Crippen molar-refractivity contribution in [2.75, 3.05) is 19.6 Å². The number of nitrogens with one attached hydrogen (secondary N) is 1. The summed E-state index contributed by atoms with van der Waals surface area (Å²) in [6.45, 7) is 7.04. The van der Waals surface area contributed by atoms with Crippen LogP contribution in [0, 0.1) is 10.7 Å². The average molecular weight is 275 g/mol. The molecule has 1 atom stereocenters. The first-order chi connectivity index (χ1) is 9.24. The van der Waals surface area contributed by atoms with Crippen molar-refractivity contribution in [3.63, 3.8) is 0 Å². The van der Waals surface area contributed by atoms with Gasteiger partial charge in [0, 0.05) is 13.1 Å². The Labute approximate surface area is 119 Å². The van der Waals surface area contributed by atoms with Gasteiger partial charge in [0.15, 0.2) is 4.77 Å². The minimum atomic E-state index is 0.629. The molecule has 0 spiro atoms. The predicted octanol–water partition coefficient (Wildman–Crippen LogP) is 3.43. The lowest BCUT2D eigenvalue weighted by Crippen LogP contribution is -2.27. The van der Waals surface area contributed by atoms with Crippen LogP contribution < -0.4 is 0 Å². The van der Waals surface area contributed by atoms with Crippen molar-refractivity contribution in [1.29, 1.82) is 0 Å². The molecule has 0 saturated carbocycles. The first-order valence-electron chi connectivity index (χ1n) is 7.14. The Bertz CT molecular complexity index is 607. The molecule has 1 aliphatic rings. The quantitative estimate of drug-likeness (QED) is 0.864. The molecular formula is C15H21N3S. The van der Waals surface area contributed by atoms with Gasteiger partial charge < -0.3 is 14.5 Å². The average Bonchev–Trinajstić information content (AvgIpc) is 2.99. The number of para-hydroxylation sites is 2. The molecule has 1 fully saturated rings. The van der Waals surface area contributed by atoms with E-state index >= 15 is 0 Å². The second-order valence-electron chi connectivity index (χ2n) is 5.67. The summed E-state index contributed by atoms with van der Waals surface area (Å²) in [7, 11) is 0. The van der Waals surface area contributed by atoms with Crippen molar-refractivity contribution >= 4 is 23.3 Å². The van der Waals surface area contributed by atoms with Crippen molar-refractivity contribution in [2.45, 2.75) is 26.3 Å². The highest BCUT2D eigenvalue weighted by molar-refractivity contribution is 7.71. The van der Waals surface area contributed by atoms with Gasteiger partial charge in [-0.05, 0) is 56.2 Å². The lowest BCUT2D eigenvalue weighted by molar-refractivity contribution is 0.272. The maximum absolute atomic E-state index is 5.45. The number of imidazole rings is 1. The molecule has 19 heavy (non-hydrogen) atoms. The summed E-state index contributed by atoms with van der Waals surface area (Å²) < 4.78 is 3.08. The van der Waals surface area contributed by atoms with Gasteiger partial charge in [-0.15, -0.1) is 0 Å². The van der Waals surface area contributed by atoms with Crippen LogP contribution in [0.15, 0.2) is 24.3 Å². The Morgan fingerprint density at radius 3 is 2.74 bits per heavy atom. The fraction of sp³-hybridized carbons (Fsp3) is 0.533. The number of fused-ring (bicyclic) bond motifs is 1. The number of hydrogen-bond acceptors (Lipinski definition) is 2. The number of likely N-dealkylation sites (tertiary alicyclic amines) is 1. The molecule has 1 unspecified atom stereocenters. The summed E-state index contributed by atoms with van der Waals surface area (Å²) in [6, 6.07) is 8.36. The minimum Gasteiger partial charge on any atom is -0.331 e. The molecule has 0 aliphatic carbocycles. The first-order valence-corrected chi connectivity index (χ1v) is 7.55. The fourth-order valence-electron chi connectivity index (χ4n) is 3.06. The molecule has 1 aromatic carbocycles. The number of aromatic amines is 1. The number of rotatable bonds is 4. The Morgan fingerprint density at radius 2 is 1.95 bits per heavy atom. The summed E-state index contributed by atoms with van der Waals surface area (Å²) >= 11 is 5.45. The summed E-state index contributed by atoms with van der Waals surface area (Å²) in [5, 5.41) is 0. The van der Waals surface area contributed by atoms with Crippen molar-refractivity contribution in [1.82, 2.24) is 14.5 Å². The van der Waals surface area contributed by atoms with E-state index in [0.717, 1.165) is 16.8 Å². The molecular weight excluding hydrogens is 254 g/mol. The van der Waals surface area contributed by atoms with E-state index in [0.29, 0.717) is 5.92 Å². The second kappa shape index (κ2) is 5.47. The molecule has 1 aromatic heterocycles. The Kier molecular flexibility index (Phi) is 3.71. The van der Waals surface area contributed by atoms with Crippen molar-refractivity contribution in [3.8, 4) is 0 Å². The third-order valence-electron chi connectivity index (χ3n) is 3.94.